The molecule has 3 N–H and O–H groups in total. The molecule has 0 bridgehead atoms. The Kier molecular flexibility index (Phi) is 2.70. The number of hydrogen-bond donors (Lipinski definition) is 2. The van der Waals surface area contributed by atoms with E-state index in [0.29, 0.717) is 18.6 Å². The van der Waals surface area contributed by atoms with E-state index in [4.69, 9.17) is 5.90 Å². The van der Waals surface area contributed by atoms with Crippen LogP contribution in [0.3, 0.4) is 0 Å². The van der Waals surface area contributed by atoms with E-state index in [1.807, 2.05) is 13.0 Å². The molecule has 1 aromatic carbocycles. The largest absolute Gasteiger partial charge is 0.359 e. The van der Waals surface area contributed by atoms with Crippen molar-refractivity contribution in [3.8, 4) is 0 Å². The van der Waals surface area contributed by atoms with Crippen LogP contribution in [0, 0.1) is 12.7 Å². The Balaban J connectivity index is 2.42. The molecule has 80 valence electrons. The van der Waals surface area contributed by atoms with Crippen molar-refractivity contribution >= 4 is 10.9 Å². The van der Waals surface area contributed by atoms with E-state index in [2.05, 4.69) is 9.82 Å². The van der Waals surface area contributed by atoms with Gasteiger partial charge in [0.25, 0.3) is 0 Å². The molecule has 0 aliphatic rings. The van der Waals surface area contributed by atoms with Gasteiger partial charge < -0.3 is 9.82 Å². The predicted molar refractivity (Wildman–Crippen MR) is 56.8 cm³/mol. The summed E-state index contributed by atoms with van der Waals surface area (Å²) in [6.45, 7) is 2.27. The van der Waals surface area contributed by atoms with Crippen LogP contribution >= 0.6 is 0 Å². The predicted octanol–water partition coefficient (Wildman–Crippen LogP) is 2.05. The zero-order chi connectivity index (χ0) is 10.8. The highest BCUT2D eigenvalue weighted by Crippen LogP contribution is 2.20. The highest BCUT2D eigenvalue weighted by atomic mass is 19.1. The first-order chi connectivity index (χ1) is 7.20. The fourth-order valence-corrected chi connectivity index (χ4v) is 1.70. The summed E-state index contributed by atoms with van der Waals surface area (Å²) in [5, 5.41) is 0.891. The van der Waals surface area contributed by atoms with Crippen molar-refractivity contribution < 1.29 is 9.23 Å². The van der Waals surface area contributed by atoms with E-state index in [-0.39, 0.29) is 5.82 Å². The maximum Gasteiger partial charge on any atom is 0.127 e. The Labute approximate surface area is 87.0 Å². The molecule has 0 aliphatic heterocycles. The van der Waals surface area contributed by atoms with Gasteiger partial charge in [0.05, 0.1) is 6.61 Å². The average molecular weight is 208 g/mol. The summed E-state index contributed by atoms with van der Waals surface area (Å²) < 4.78 is 13.5. The number of H-pyrrole nitrogens is 1. The van der Waals surface area contributed by atoms with E-state index in [9.17, 15) is 4.39 Å². The number of nitrogens with one attached hydrogen (secondary N) is 1. The van der Waals surface area contributed by atoms with Gasteiger partial charge >= 0.3 is 0 Å². The Bertz CT molecular complexity index is 479. The fourth-order valence-electron chi connectivity index (χ4n) is 1.70. The third-order valence-electron chi connectivity index (χ3n) is 2.41. The maximum atomic E-state index is 13.5. The van der Waals surface area contributed by atoms with E-state index < -0.39 is 0 Å². The molecule has 0 spiro atoms. The molecule has 0 unspecified atom stereocenters. The second kappa shape index (κ2) is 4.00. The molecule has 0 atom stereocenters. The lowest BCUT2D eigenvalue weighted by molar-refractivity contribution is 0.140. The molecular formula is C11H13FN2O. The highest BCUT2D eigenvalue weighted by molar-refractivity contribution is 5.81. The zero-order valence-electron chi connectivity index (χ0n) is 8.51. The van der Waals surface area contributed by atoms with Gasteiger partial charge in [-0.25, -0.2) is 10.3 Å². The van der Waals surface area contributed by atoms with Crippen molar-refractivity contribution in [2.75, 3.05) is 6.61 Å². The van der Waals surface area contributed by atoms with E-state index in [1.54, 1.807) is 6.07 Å². The van der Waals surface area contributed by atoms with Crippen molar-refractivity contribution in [1.82, 2.24) is 4.98 Å². The summed E-state index contributed by atoms with van der Waals surface area (Å²) in [6, 6.07) is 5.25. The summed E-state index contributed by atoms with van der Waals surface area (Å²) >= 11 is 0. The molecule has 15 heavy (non-hydrogen) atoms. The molecule has 3 nitrogen and oxygen atoms in total. The van der Waals surface area contributed by atoms with Gasteiger partial charge in [-0.05, 0) is 30.7 Å². The third-order valence-corrected chi connectivity index (χ3v) is 2.41. The molecule has 4 heteroatoms. The number of aromatic nitrogens is 1. The van der Waals surface area contributed by atoms with Crippen molar-refractivity contribution in [1.29, 1.82) is 0 Å². The first kappa shape index (κ1) is 10.1. The van der Waals surface area contributed by atoms with Gasteiger partial charge in [-0.1, -0.05) is 0 Å². The van der Waals surface area contributed by atoms with Gasteiger partial charge in [-0.2, -0.15) is 0 Å². The minimum absolute atomic E-state index is 0.210. The summed E-state index contributed by atoms with van der Waals surface area (Å²) in [6.07, 6.45) is 0.482. The molecule has 2 aromatic rings. The van der Waals surface area contributed by atoms with Crippen LogP contribution < -0.4 is 5.90 Å². The standard InChI is InChI=1S/C11H13FN2O/c1-7-4-9-5-10(12)8(2-3-15-13)6-11(9)14-7/h4-6,14H,2-3,13H2,1H3. The van der Waals surface area contributed by atoms with Crippen molar-refractivity contribution in [2.24, 2.45) is 5.90 Å². The first-order valence-corrected chi connectivity index (χ1v) is 4.80. The molecule has 1 aromatic heterocycles. The molecule has 0 radical (unpaired) electrons. The number of fused-ring (bicyclic) bond motifs is 1. The van der Waals surface area contributed by atoms with Crippen LogP contribution in [0.1, 0.15) is 11.3 Å². The molecule has 0 amide bonds. The molecule has 1 heterocycles. The first-order valence-electron chi connectivity index (χ1n) is 4.80. The SMILES string of the molecule is Cc1cc2cc(F)c(CCON)cc2[nH]1. The average Bonchev–Trinajstić information content (AvgIpc) is 2.53. The van der Waals surface area contributed by atoms with Gasteiger partial charge in [-0.15, -0.1) is 0 Å². The Morgan fingerprint density at radius 3 is 2.93 bits per heavy atom. The number of hydrogen-bond acceptors (Lipinski definition) is 2. The minimum atomic E-state index is -0.210. The van der Waals surface area contributed by atoms with Crippen LogP contribution in [0.4, 0.5) is 4.39 Å². The summed E-state index contributed by atoms with van der Waals surface area (Å²) in [5.41, 5.74) is 2.59. The molecule has 0 aliphatic carbocycles. The lowest BCUT2D eigenvalue weighted by Crippen LogP contribution is -2.04. The van der Waals surface area contributed by atoms with E-state index in [0.717, 1.165) is 16.6 Å². The topological polar surface area (TPSA) is 51.0 Å². The Morgan fingerprint density at radius 1 is 1.40 bits per heavy atom. The van der Waals surface area contributed by atoms with Crippen LogP contribution in [0.25, 0.3) is 10.9 Å². The van der Waals surface area contributed by atoms with Crippen LogP contribution in [-0.2, 0) is 11.3 Å². The third kappa shape index (κ3) is 2.00. The minimum Gasteiger partial charge on any atom is -0.359 e. The van der Waals surface area contributed by atoms with E-state index in [1.165, 1.54) is 6.07 Å². The zero-order valence-corrected chi connectivity index (χ0v) is 8.51. The van der Waals surface area contributed by atoms with Gasteiger partial charge in [-0.3, -0.25) is 0 Å². The normalized spacial score (nSPS) is 11.1. The lowest BCUT2D eigenvalue weighted by Gasteiger charge is -2.02. The van der Waals surface area contributed by atoms with Crippen LogP contribution in [0.15, 0.2) is 18.2 Å². The lowest BCUT2D eigenvalue weighted by atomic mass is 10.1. The molecule has 0 saturated heterocycles. The molecular weight excluding hydrogens is 195 g/mol. The summed E-state index contributed by atoms with van der Waals surface area (Å²) in [4.78, 5) is 7.60. The number of rotatable bonds is 3. The number of aryl methyl sites for hydroxylation is 1. The van der Waals surface area contributed by atoms with Gasteiger partial charge in [0.1, 0.15) is 5.82 Å². The smallest absolute Gasteiger partial charge is 0.127 e. The summed E-state index contributed by atoms with van der Waals surface area (Å²) in [5.74, 6) is 4.70. The quantitative estimate of drug-likeness (QED) is 0.758. The van der Waals surface area contributed by atoms with Crippen LogP contribution in [-0.4, -0.2) is 11.6 Å². The monoisotopic (exact) mass is 208 g/mol. The van der Waals surface area contributed by atoms with Gasteiger partial charge in [0, 0.05) is 23.0 Å². The molecule has 0 saturated carbocycles. The number of benzene rings is 1. The second-order valence-corrected chi connectivity index (χ2v) is 3.60. The Morgan fingerprint density at radius 2 is 2.20 bits per heavy atom. The highest BCUT2D eigenvalue weighted by Gasteiger charge is 2.06. The van der Waals surface area contributed by atoms with Crippen molar-refractivity contribution in [2.45, 2.75) is 13.3 Å². The number of nitrogens with two attached hydrogens (primary N) is 1. The number of halogens is 1. The van der Waals surface area contributed by atoms with Crippen molar-refractivity contribution in [3.63, 3.8) is 0 Å². The Hall–Kier alpha value is -1.39. The maximum absolute atomic E-state index is 13.5. The summed E-state index contributed by atoms with van der Waals surface area (Å²) in [7, 11) is 0. The molecule has 2 rings (SSSR count). The second-order valence-electron chi connectivity index (χ2n) is 3.60. The molecule has 0 fully saturated rings. The van der Waals surface area contributed by atoms with Crippen LogP contribution in [0.2, 0.25) is 0 Å². The van der Waals surface area contributed by atoms with Gasteiger partial charge in [0.2, 0.25) is 0 Å². The fraction of sp³-hybridized carbons (Fsp3) is 0.273. The number of aromatic amines is 1. The van der Waals surface area contributed by atoms with Crippen molar-refractivity contribution in [3.05, 3.63) is 35.3 Å². The van der Waals surface area contributed by atoms with Gasteiger partial charge in [0.15, 0.2) is 0 Å². The van der Waals surface area contributed by atoms with E-state index >= 15 is 0 Å². The van der Waals surface area contributed by atoms with Crippen LogP contribution in [0.5, 0.6) is 0 Å².